The summed E-state index contributed by atoms with van der Waals surface area (Å²) in [6.07, 6.45) is 17.9. The third kappa shape index (κ3) is 34.0. The van der Waals surface area contributed by atoms with Crippen LogP contribution in [0.3, 0.4) is 0 Å². The van der Waals surface area contributed by atoms with Gasteiger partial charge >= 0.3 is 6.18 Å². The van der Waals surface area contributed by atoms with Crippen molar-refractivity contribution in [1.82, 2.24) is 54.1 Å². The van der Waals surface area contributed by atoms with Crippen molar-refractivity contribution >= 4 is 34.5 Å². The lowest BCUT2D eigenvalue weighted by atomic mass is 9.97. The molecule has 0 saturated carbocycles. The monoisotopic (exact) mass is 2080 g/mol. The number of halogens is 14. The van der Waals surface area contributed by atoms with Gasteiger partial charge in [0.25, 0.3) is 6.43 Å². The van der Waals surface area contributed by atoms with Crippen LogP contribution in [0.5, 0.6) is 5.75 Å². The summed E-state index contributed by atoms with van der Waals surface area (Å²) in [5.41, 5.74) is 6.52. The Hall–Kier alpha value is -7.50. The molecule has 9 aliphatic rings. The zero-order chi connectivity index (χ0) is 106. The van der Waals surface area contributed by atoms with Gasteiger partial charge in [0, 0.05) is 140 Å². The van der Waals surface area contributed by atoms with Gasteiger partial charge in [-0.25, -0.2) is 39.5 Å². The standard InChI is InChI=1S/C14H17F4N.C14H18F3N.C14H20FNO.2C13H17ClFN.C13H19FN2.C13H18FN.C12H18N2.C12H19NS/c1-9(2)19-7-3-4-13(19)11-8-10(15)5-6-12(11)14(16,17)18;1-9(2)18-7-3-4-13(18)12-8-10(15)5-6-11(12)14(16)17;1-10(2)16-8-4-5-13(16)12-9-11(15)6-7-14(12)17-3;1-9(2)16-7-3-4-13(16)11-8-10(15)5-6-12(11)14;1-9(2)16-5-3-4-13(16)10-6-11(14)8-12(15)7-10;1-13(2,3)16-6-4-5-12(16)10-7-11(14)9-15-8-10;1-10(2)15-8-4-7-13(15)11-5-3-6-12(14)9-11;1-10(2)14-9-5-7-12(14)11-6-3-4-8-13-11;1-12(2,3)13-8-4-6-10(13)11-7-5-9-14-11/h5-6,8-9,13H,3-4,7H2,1-2H3;5-6,8-9,13-14H,3-4,7H2,1-2H3;6-7,9-10,13H,4-5,8H2,1-3H3;5-6,8-9,13H,3-4,7H2,1-2H3;6-9,13H,3-5H2,1-2H3;7-9,12H,4-6H2,1-3H3;3,5-6,9-10,13H,4,7-8H2,1-2H3;3-4,6,8,10,12H,5,7,9H2,1-2H3;5,7,9-10H,4,6,8H2,1-3H3. The van der Waals surface area contributed by atoms with E-state index in [4.69, 9.17) is 27.9 Å². The van der Waals surface area contributed by atoms with Gasteiger partial charge in [-0.3, -0.25) is 54.1 Å². The van der Waals surface area contributed by atoms with Crippen molar-refractivity contribution in [2.24, 2.45) is 0 Å². The summed E-state index contributed by atoms with van der Waals surface area (Å²) in [4.78, 5) is 31.4. The fourth-order valence-electron chi connectivity index (χ4n) is 23.0. The summed E-state index contributed by atoms with van der Waals surface area (Å²) in [5, 5.41) is 3.36. The zero-order valence-electron chi connectivity index (χ0n) is 89.7. The molecule has 6 aromatic carbocycles. The van der Waals surface area contributed by atoms with Crippen molar-refractivity contribution in [1.29, 1.82) is 0 Å². The van der Waals surface area contributed by atoms with Gasteiger partial charge in [-0.05, 0) is 473 Å². The Morgan fingerprint density at radius 3 is 1.19 bits per heavy atom. The average molecular weight is 2080 g/mol. The molecule has 3 aromatic heterocycles. The number of alkyl halides is 5. The van der Waals surface area contributed by atoms with E-state index >= 15 is 0 Å². The Morgan fingerprint density at radius 1 is 0.345 bits per heavy atom. The van der Waals surface area contributed by atoms with E-state index in [2.05, 4.69) is 190 Å². The first kappa shape index (κ1) is 119. The normalized spacial score (nSPS) is 22.2. The first-order valence-electron chi connectivity index (χ1n) is 53.0. The van der Waals surface area contributed by atoms with Gasteiger partial charge in [-0.2, -0.15) is 13.2 Å². The van der Waals surface area contributed by atoms with Crippen LogP contribution in [0.2, 0.25) is 10.0 Å². The number of aromatic nitrogens is 2. The topological polar surface area (TPSA) is 64.2 Å². The maximum atomic E-state index is 13.4. The Morgan fingerprint density at radius 2 is 0.738 bits per heavy atom. The molecule has 12 heterocycles. The fourth-order valence-corrected chi connectivity index (χ4v) is 24.3. The minimum absolute atomic E-state index is 0.0334. The molecule has 18 rings (SSSR count). The largest absolute Gasteiger partial charge is 0.496 e. The number of hydrogen-bond donors (Lipinski definition) is 0. The van der Waals surface area contributed by atoms with Crippen molar-refractivity contribution in [2.75, 3.05) is 66.0 Å². The molecule has 0 amide bonds. The van der Waals surface area contributed by atoms with Gasteiger partial charge < -0.3 is 4.74 Å². The zero-order valence-corrected chi connectivity index (χ0v) is 92.0. The molecule has 27 heteroatoms. The van der Waals surface area contributed by atoms with Crippen molar-refractivity contribution in [3.8, 4) is 5.75 Å². The summed E-state index contributed by atoms with van der Waals surface area (Å²) in [7, 11) is 1.64. The highest BCUT2D eigenvalue weighted by Gasteiger charge is 2.42. The van der Waals surface area contributed by atoms with Crippen LogP contribution in [0, 0.1) is 40.7 Å². The van der Waals surface area contributed by atoms with Gasteiger partial charge in [-0.15, -0.1) is 11.3 Å². The van der Waals surface area contributed by atoms with Gasteiger partial charge in [0.1, 0.15) is 46.5 Å². The molecule has 9 aromatic rings. The van der Waals surface area contributed by atoms with E-state index in [0.717, 1.165) is 161 Å². The SMILES string of the molecule is CC(C)(C)N1CCCC1c1cccs1.CC(C)(C)N1CCCC1c1cncc(F)c1.CC(C)N1CCCC1c1cc(F)cc(Cl)c1.CC(C)N1CCCC1c1cc(F)ccc1C(F)(F)F.CC(C)N1CCCC1c1cc(F)ccc1C(F)F.CC(C)N1CCCC1c1cc(F)ccc1Cl.CC(C)N1CCCC1c1cccc(F)c1.CC(C)N1CCCC1c1ccccn1.COc1ccc(F)cc1C1CCCN1C(C)C. The van der Waals surface area contributed by atoms with Crippen LogP contribution < -0.4 is 4.74 Å². The second-order valence-corrected chi connectivity index (χ2v) is 45.6. The maximum Gasteiger partial charge on any atom is 0.416 e. The van der Waals surface area contributed by atoms with Crippen LogP contribution in [0.25, 0.3) is 0 Å². The van der Waals surface area contributed by atoms with Crippen LogP contribution in [0.15, 0.2) is 176 Å². The molecule has 0 radical (unpaired) electrons. The van der Waals surface area contributed by atoms with E-state index < -0.39 is 29.8 Å². The van der Waals surface area contributed by atoms with E-state index in [0.29, 0.717) is 94.0 Å². The molecular formula is C118H163Cl2F12N11OS. The van der Waals surface area contributed by atoms with Crippen LogP contribution >= 0.6 is 34.5 Å². The molecule has 0 aliphatic carbocycles. The molecule has 12 nitrogen and oxygen atoms in total. The number of hydrogen-bond acceptors (Lipinski definition) is 13. The first-order valence-corrected chi connectivity index (χ1v) is 54.6. The number of likely N-dealkylation sites (tertiary alicyclic amines) is 9. The Labute approximate surface area is 873 Å². The van der Waals surface area contributed by atoms with E-state index in [1.54, 1.807) is 55.8 Å². The molecule has 145 heavy (non-hydrogen) atoms. The lowest BCUT2D eigenvalue weighted by Gasteiger charge is -2.37. The van der Waals surface area contributed by atoms with Crippen molar-refractivity contribution in [2.45, 2.75) is 374 Å². The quantitative estimate of drug-likeness (QED) is 0.0769. The van der Waals surface area contributed by atoms with Crippen molar-refractivity contribution in [3.63, 3.8) is 0 Å². The van der Waals surface area contributed by atoms with Crippen LogP contribution in [0.4, 0.5) is 52.7 Å². The minimum Gasteiger partial charge on any atom is -0.496 e. The molecule has 9 aliphatic heterocycles. The predicted octanol–water partition coefficient (Wildman–Crippen LogP) is 33.0. The average Bonchev–Trinajstić information content (AvgIpc) is 1.73. The third-order valence-corrected chi connectivity index (χ3v) is 31.2. The fraction of sp³-hybridized carbons (Fsp3) is 0.576. The molecule has 9 fully saturated rings. The van der Waals surface area contributed by atoms with Crippen LogP contribution in [0.1, 0.15) is 375 Å². The van der Waals surface area contributed by atoms with Crippen LogP contribution in [-0.4, -0.2) is 173 Å². The summed E-state index contributed by atoms with van der Waals surface area (Å²) in [5.74, 6) is -1.24. The highest BCUT2D eigenvalue weighted by Crippen LogP contribution is 2.47. The summed E-state index contributed by atoms with van der Waals surface area (Å²) < 4.78 is 163. The number of methoxy groups -OCH3 is 1. The molecule has 0 bridgehead atoms. The first-order chi connectivity index (χ1) is 68.6. The number of benzene rings is 6. The van der Waals surface area contributed by atoms with E-state index in [1.165, 1.54) is 118 Å². The smallest absolute Gasteiger partial charge is 0.416 e. The molecule has 9 atom stereocenters. The highest BCUT2D eigenvalue weighted by atomic mass is 35.5. The lowest BCUT2D eigenvalue weighted by molar-refractivity contribution is -0.138. The molecule has 800 valence electrons. The van der Waals surface area contributed by atoms with Gasteiger partial charge in [0.15, 0.2) is 0 Å². The second kappa shape index (κ2) is 56.0. The number of nitrogens with zero attached hydrogens (tertiary/aromatic N) is 11. The van der Waals surface area contributed by atoms with Crippen molar-refractivity contribution < 1.29 is 57.4 Å². The van der Waals surface area contributed by atoms with Crippen LogP contribution in [-0.2, 0) is 6.18 Å². The van der Waals surface area contributed by atoms with E-state index in [-0.39, 0.29) is 76.0 Å². The molecule has 0 spiro atoms. The summed E-state index contributed by atoms with van der Waals surface area (Å²) >= 11 is 13.9. The van der Waals surface area contributed by atoms with Gasteiger partial charge in [-0.1, -0.05) is 53.5 Å². The number of pyridine rings is 2. The van der Waals surface area contributed by atoms with Crippen molar-refractivity contribution in [3.05, 3.63) is 287 Å². The minimum atomic E-state index is -4.44. The van der Waals surface area contributed by atoms with Gasteiger partial charge in [0.2, 0.25) is 0 Å². The predicted molar refractivity (Wildman–Crippen MR) is 571 cm³/mol. The molecule has 0 N–H and O–H groups in total. The summed E-state index contributed by atoms with van der Waals surface area (Å²) in [6.45, 7) is 53.2. The van der Waals surface area contributed by atoms with Gasteiger partial charge in [0.05, 0.1) is 30.6 Å². The Balaban J connectivity index is 0.000000167. The Bertz CT molecular complexity index is 5350. The number of ether oxygens (including phenoxy) is 1. The van der Waals surface area contributed by atoms with E-state index in [9.17, 15) is 52.7 Å². The Kier molecular flexibility index (Phi) is 46.1. The number of rotatable bonds is 18. The number of thiophene rings is 1. The molecule has 9 saturated heterocycles. The third-order valence-electron chi connectivity index (χ3n) is 29.6. The highest BCUT2D eigenvalue weighted by molar-refractivity contribution is 7.10. The molecular weight excluding hydrogens is 1920 g/mol. The summed E-state index contributed by atoms with van der Waals surface area (Å²) in [6, 6.07) is 45.5. The second-order valence-electron chi connectivity index (χ2n) is 43.8. The van der Waals surface area contributed by atoms with E-state index in [1.807, 2.05) is 74.4 Å². The maximum absolute atomic E-state index is 13.4. The molecule has 9 unspecified atom stereocenters. The lowest BCUT2D eigenvalue weighted by Crippen LogP contribution is -2.40.